The number of rotatable bonds is 18. The van der Waals surface area contributed by atoms with E-state index in [4.69, 9.17) is 9.15 Å². The molecule has 4 aromatic heterocycles. The van der Waals surface area contributed by atoms with Gasteiger partial charge in [0.05, 0.1) is 35.2 Å². The maximum absolute atomic E-state index is 14.0. The van der Waals surface area contributed by atoms with Crippen LogP contribution in [-0.4, -0.2) is 66.4 Å². The van der Waals surface area contributed by atoms with Gasteiger partial charge in [-0.3, -0.25) is 33.8 Å². The summed E-state index contributed by atoms with van der Waals surface area (Å²) in [6.45, 7) is 2.22. The number of pyridine rings is 1. The largest absolute Gasteiger partial charge is 0.444 e. The SMILES string of the molecule is Cn1c(=O)n(C2CCC(=O)NC2=O)c2ccc(CCCOCCNCc3ccc(-n4cc(NC(=O)c5coc(-c6ccnc(CCC7CC7)c6)n5)c(C(F)F)n4)cc3)cc21. The second-order valence-corrected chi connectivity index (χ2v) is 15.2. The molecular weight excluding hydrogens is 777 g/mol. The third kappa shape index (κ3) is 9.26. The summed E-state index contributed by atoms with van der Waals surface area (Å²) in [5.41, 5.74) is 4.48. The van der Waals surface area contributed by atoms with Crippen molar-refractivity contribution in [1.29, 1.82) is 0 Å². The number of piperidine rings is 1. The molecule has 5 heterocycles. The molecule has 1 saturated heterocycles. The predicted molar refractivity (Wildman–Crippen MR) is 217 cm³/mol. The van der Waals surface area contributed by atoms with Crippen molar-refractivity contribution in [2.24, 2.45) is 13.0 Å². The fourth-order valence-corrected chi connectivity index (χ4v) is 7.40. The van der Waals surface area contributed by atoms with Gasteiger partial charge in [-0.05, 0) is 85.5 Å². The molecule has 6 aromatic rings. The minimum absolute atomic E-state index is 0.0535. The Kier molecular flexibility index (Phi) is 12.1. The Balaban J connectivity index is 0.779. The molecule has 312 valence electrons. The molecule has 3 N–H and O–H groups in total. The van der Waals surface area contributed by atoms with E-state index in [0.717, 1.165) is 53.9 Å². The molecule has 3 amide bonds. The van der Waals surface area contributed by atoms with Gasteiger partial charge in [-0.25, -0.2) is 23.2 Å². The highest BCUT2D eigenvalue weighted by Gasteiger charge is 2.31. The van der Waals surface area contributed by atoms with Crippen LogP contribution in [0.4, 0.5) is 14.5 Å². The zero-order valence-corrected chi connectivity index (χ0v) is 33.0. The number of anilines is 1. The normalized spacial score (nSPS) is 15.6. The Morgan fingerprint density at radius 1 is 1.00 bits per heavy atom. The molecule has 60 heavy (non-hydrogen) atoms. The van der Waals surface area contributed by atoms with E-state index >= 15 is 0 Å². The molecule has 1 atom stereocenters. The van der Waals surface area contributed by atoms with Crippen molar-refractivity contribution in [3.63, 3.8) is 0 Å². The molecular formula is C43H45F2N9O6. The van der Waals surface area contributed by atoms with E-state index in [-0.39, 0.29) is 41.7 Å². The van der Waals surface area contributed by atoms with Crippen molar-refractivity contribution < 1.29 is 32.3 Å². The van der Waals surface area contributed by atoms with E-state index in [1.807, 2.05) is 36.4 Å². The second-order valence-electron chi connectivity index (χ2n) is 15.2. The average Bonchev–Trinajstić information content (AvgIpc) is 3.66. The number of aryl methyl sites for hydroxylation is 3. The lowest BCUT2D eigenvalue weighted by molar-refractivity contribution is -0.135. The number of nitrogens with one attached hydrogen (secondary N) is 3. The number of carbonyl (C=O) groups is 3. The van der Waals surface area contributed by atoms with Crippen LogP contribution < -0.4 is 21.6 Å². The third-order valence-corrected chi connectivity index (χ3v) is 10.9. The van der Waals surface area contributed by atoms with Crippen molar-refractivity contribution in [2.75, 3.05) is 25.1 Å². The number of alkyl halides is 2. The minimum Gasteiger partial charge on any atom is -0.444 e. The van der Waals surface area contributed by atoms with E-state index < -0.39 is 30.0 Å². The molecule has 0 bridgehead atoms. The Bertz CT molecular complexity index is 2570. The summed E-state index contributed by atoms with van der Waals surface area (Å²) in [6, 6.07) is 15.9. The summed E-state index contributed by atoms with van der Waals surface area (Å²) in [5, 5.41) is 12.2. The zero-order valence-electron chi connectivity index (χ0n) is 33.0. The van der Waals surface area contributed by atoms with Gasteiger partial charge in [-0.15, -0.1) is 0 Å². The lowest BCUT2D eigenvalue weighted by Gasteiger charge is -2.21. The molecule has 1 aliphatic heterocycles. The van der Waals surface area contributed by atoms with Crippen LogP contribution in [0.15, 0.2) is 82.5 Å². The van der Waals surface area contributed by atoms with Crippen LogP contribution >= 0.6 is 0 Å². The number of hydrogen-bond donors (Lipinski definition) is 3. The molecule has 0 spiro atoms. The Morgan fingerprint density at radius 2 is 1.82 bits per heavy atom. The molecule has 8 rings (SSSR count). The van der Waals surface area contributed by atoms with Gasteiger partial charge in [0.1, 0.15) is 12.3 Å². The number of carbonyl (C=O) groups excluding carboxylic acids is 3. The number of hydrogen-bond acceptors (Lipinski definition) is 10. The summed E-state index contributed by atoms with van der Waals surface area (Å²) in [5.74, 6) is -0.475. The van der Waals surface area contributed by atoms with Crippen molar-refractivity contribution in [2.45, 2.75) is 70.4 Å². The molecule has 1 aliphatic carbocycles. The van der Waals surface area contributed by atoms with Crippen LogP contribution in [0.5, 0.6) is 0 Å². The summed E-state index contributed by atoms with van der Waals surface area (Å²) < 4.78 is 43.8. The number of halogens is 2. The van der Waals surface area contributed by atoms with Crippen LogP contribution in [0.25, 0.3) is 28.2 Å². The molecule has 17 heteroatoms. The van der Waals surface area contributed by atoms with Gasteiger partial charge >= 0.3 is 5.69 Å². The van der Waals surface area contributed by atoms with Gasteiger partial charge in [0, 0.05) is 50.6 Å². The van der Waals surface area contributed by atoms with Crippen LogP contribution in [0, 0.1) is 5.92 Å². The number of aromatic nitrogens is 6. The third-order valence-electron chi connectivity index (χ3n) is 10.9. The first-order chi connectivity index (χ1) is 29.1. The van der Waals surface area contributed by atoms with E-state index in [1.54, 1.807) is 31.4 Å². The molecule has 1 saturated carbocycles. The number of imide groups is 1. The molecule has 2 aliphatic rings. The van der Waals surface area contributed by atoms with Gasteiger partial charge in [0.15, 0.2) is 11.4 Å². The molecule has 0 radical (unpaired) electrons. The van der Waals surface area contributed by atoms with E-state index in [0.29, 0.717) is 43.1 Å². The standard InChI is InChI=1S/C43H45F2N9O6/c1-52-36-21-27(9-13-34(36)54(43(52)58)35-14-15-37(55)50-41(35)57)3-2-19-59-20-18-46-23-28-7-11-31(12-8-28)53-24-32(38(51-53)39(44)45)48-40(56)33-25-60-42(49-33)29-16-17-47-30(22-29)10-6-26-4-5-26/h7-9,11-13,16-17,21-22,24-26,35,39,46H,2-6,10,14-15,18-20,23H2,1H3,(H,48,56)(H,50,55,57). The summed E-state index contributed by atoms with van der Waals surface area (Å²) in [6.07, 6.45) is 7.76. The predicted octanol–water partition coefficient (Wildman–Crippen LogP) is 5.82. The highest BCUT2D eigenvalue weighted by molar-refractivity contribution is 6.03. The van der Waals surface area contributed by atoms with E-state index in [9.17, 15) is 28.0 Å². The van der Waals surface area contributed by atoms with Crippen molar-refractivity contribution in [1.82, 2.24) is 39.5 Å². The first kappa shape index (κ1) is 40.4. The van der Waals surface area contributed by atoms with Gasteiger partial charge in [-0.1, -0.05) is 31.0 Å². The number of benzene rings is 2. The first-order valence-corrected chi connectivity index (χ1v) is 20.1. The van der Waals surface area contributed by atoms with Gasteiger partial charge in [0.25, 0.3) is 12.3 Å². The number of fused-ring (bicyclic) bond motifs is 1. The van der Waals surface area contributed by atoms with E-state index in [1.165, 1.54) is 39.1 Å². The summed E-state index contributed by atoms with van der Waals surface area (Å²) >= 11 is 0. The quantitative estimate of drug-likeness (QED) is 0.0706. The topological polar surface area (TPSA) is 180 Å². The van der Waals surface area contributed by atoms with Crippen LogP contribution in [0.2, 0.25) is 0 Å². The fourth-order valence-electron chi connectivity index (χ4n) is 7.40. The average molecular weight is 822 g/mol. The second kappa shape index (κ2) is 17.9. The van der Waals surface area contributed by atoms with Crippen LogP contribution in [0.3, 0.4) is 0 Å². The van der Waals surface area contributed by atoms with Gasteiger partial charge in [0.2, 0.25) is 17.7 Å². The molecule has 2 aromatic carbocycles. The molecule has 2 fully saturated rings. The van der Waals surface area contributed by atoms with Gasteiger partial charge in [-0.2, -0.15) is 5.10 Å². The van der Waals surface area contributed by atoms with E-state index in [2.05, 4.69) is 31.0 Å². The highest BCUT2D eigenvalue weighted by atomic mass is 19.3. The lowest BCUT2D eigenvalue weighted by Crippen LogP contribution is -2.44. The highest BCUT2D eigenvalue weighted by Crippen LogP contribution is 2.34. The Hall–Kier alpha value is -6.33. The van der Waals surface area contributed by atoms with Crippen molar-refractivity contribution in [3.05, 3.63) is 112 Å². The monoisotopic (exact) mass is 821 g/mol. The number of imidazole rings is 1. The number of nitrogens with zero attached hydrogens (tertiary/aromatic N) is 6. The Labute approximate surface area is 343 Å². The zero-order chi connectivity index (χ0) is 41.8. The number of amides is 3. The first-order valence-electron chi connectivity index (χ1n) is 20.1. The maximum Gasteiger partial charge on any atom is 0.329 e. The summed E-state index contributed by atoms with van der Waals surface area (Å²) in [4.78, 5) is 58.9. The lowest BCUT2D eigenvalue weighted by atomic mass is 10.1. The fraction of sp³-hybridized carbons (Fsp3) is 0.372. The maximum atomic E-state index is 14.0. The number of oxazole rings is 1. The Morgan fingerprint density at radius 3 is 2.60 bits per heavy atom. The number of ether oxygens (including phenoxy) is 1. The molecule has 15 nitrogen and oxygen atoms in total. The van der Waals surface area contributed by atoms with Crippen LogP contribution in [0.1, 0.15) is 84.0 Å². The smallest absolute Gasteiger partial charge is 0.329 e. The van der Waals surface area contributed by atoms with Gasteiger partial charge < -0.3 is 19.8 Å². The summed E-state index contributed by atoms with van der Waals surface area (Å²) in [7, 11) is 1.68. The van der Waals surface area contributed by atoms with Crippen molar-refractivity contribution >= 4 is 34.4 Å². The van der Waals surface area contributed by atoms with Crippen molar-refractivity contribution in [3.8, 4) is 17.1 Å². The minimum atomic E-state index is -2.93. The van der Waals surface area contributed by atoms with Crippen LogP contribution in [-0.2, 0) is 40.8 Å². The molecule has 1 unspecified atom stereocenters.